The molecule has 0 unspecified atom stereocenters. The van der Waals surface area contributed by atoms with Gasteiger partial charge in [0.1, 0.15) is 0 Å². The zero-order valence-corrected chi connectivity index (χ0v) is 18.6. The lowest BCUT2D eigenvalue weighted by atomic mass is 9.79. The Hall–Kier alpha value is -1.97. The largest absolute Gasteiger partial charge is 0.381 e. The van der Waals surface area contributed by atoms with E-state index in [-0.39, 0.29) is 10.6 Å². The van der Waals surface area contributed by atoms with Crippen molar-refractivity contribution in [3.05, 3.63) is 28.3 Å². The third-order valence-corrected chi connectivity index (χ3v) is 9.44. The van der Waals surface area contributed by atoms with Crippen LogP contribution in [0.1, 0.15) is 54.4 Å². The highest BCUT2D eigenvalue weighted by atomic mass is 32.2. The van der Waals surface area contributed by atoms with E-state index < -0.39 is 10.0 Å². The molecule has 4 aliphatic rings. The molecule has 2 saturated heterocycles. The number of hydrogen-bond acceptors (Lipinski definition) is 6. The van der Waals surface area contributed by atoms with Crippen LogP contribution in [-0.2, 0) is 40.4 Å². The van der Waals surface area contributed by atoms with Crippen molar-refractivity contribution < 1.29 is 13.2 Å². The number of benzene rings is 1. The number of aryl methyl sites for hydroxylation is 2. The average molecular weight is 444 g/mol. The van der Waals surface area contributed by atoms with Crippen LogP contribution in [0, 0.1) is 5.41 Å². The van der Waals surface area contributed by atoms with Crippen molar-refractivity contribution in [2.45, 2.75) is 62.9 Å². The lowest BCUT2D eigenvalue weighted by Crippen LogP contribution is -2.43. The summed E-state index contributed by atoms with van der Waals surface area (Å²) in [7, 11) is -3.68. The number of nitrogens with one attached hydrogen (secondary N) is 2. The molecule has 0 amide bonds. The molecule has 0 atom stereocenters. The number of nitrogens with zero attached hydrogens (tertiary/aromatic N) is 3. The fraction of sp³-hybridized carbons (Fsp3) is 0.636. The van der Waals surface area contributed by atoms with Gasteiger partial charge in [0.05, 0.1) is 6.61 Å². The van der Waals surface area contributed by atoms with Gasteiger partial charge in [0, 0.05) is 25.4 Å². The number of rotatable bonds is 4. The first kappa shape index (κ1) is 19.7. The Kier molecular flexibility index (Phi) is 4.63. The maximum absolute atomic E-state index is 13.2. The maximum atomic E-state index is 13.2. The van der Waals surface area contributed by atoms with E-state index in [0.717, 1.165) is 63.8 Å². The molecular formula is C22H29N5O3S. The van der Waals surface area contributed by atoms with E-state index >= 15 is 0 Å². The zero-order valence-electron chi connectivity index (χ0n) is 17.7. The van der Waals surface area contributed by atoms with Crippen LogP contribution < -0.4 is 5.32 Å². The fourth-order valence-electron chi connectivity index (χ4n) is 5.86. The van der Waals surface area contributed by atoms with Gasteiger partial charge in [-0.15, -0.1) is 5.10 Å². The molecule has 3 heterocycles. The highest BCUT2D eigenvalue weighted by Crippen LogP contribution is 2.41. The molecule has 1 spiro atoms. The van der Waals surface area contributed by atoms with Crippen molar-refractivity contribution >= 4 is 21.7 Å². The third kappa shape index (κ3) is 3.29. The van der Waals surface area contributed by atoms with Crippen molar-refractivity contribution in [3.63, 3.8) is 0 Å². The quantitative estimate of drug-likeness (QED) is 0.754. The van der Waals surface area contributed by atoms with E-state index in [1.165, 1.54) is 35.1 Å². The van der Waals surface area contributed by atoms with Gasteiger partial charge in [-0.2, -0.15) is 9.29 Å². The molecule has 1 aromatic carbocycles. The molecule has 31 heavy (non-hydrogen) atoms. The number of H-pyrrole nitrogens is 1. The van der Waals surface area contributed by atoms with E-state index in [1.807, 2.05) is 0 Å². The molecule has 2 aliphatic carbocycles. The maximum Gasteiger partial charge on any atom is 0.278 e. The third-order valence-electron chi connectivity index (χ3n) is 7.73. The Morgan fingerprint density at radius 1 is 1.03 bits per heavy atom. The summed E-state index contributed by atoms with van der Waals surface area (Å²) in [5, 5.41) is 10.2. The molecule has 2 aliphatic heterocycles. The molecule has 2 N–H and O–H groups in total. The van der Waals surface area contributed by atoms with Gasteiger partial charge in [-0.3, -0.25) is 0 Å². The van der Waals surface area contributed by atoms with Crippen LogP contribution in [0.5, 0.6) is 0 Å². The molecule has 0 saturated carbocycles. The van der Waals surface area contributed by atoms with Gasteiger partial charge in [-0.25, -0.2) is 13.5 Å². The number of anilines is 2. The summed E-state index contributed by atoms with van der Waals surface area (Å²) in [4.78, 5) is 4.36. The summed E-state index contributed by atoms with van der Waals surface area (Å²) in [6, 6.07) is 2.38. The van der Waals surface area contributed by atoms with Crippen LogP contribution in [0.15, 0.2) is 11.2 Å². The minimum atomic E-state index is -3.68. The smallest absolute Gasteiger partial charge is 0.278 e. The number of aromatic nitrogens is 3. The van der Waals surface area contributed by atoms with E-state index in [1.54, 1.807) is 4.31 Å². The molecule has 8 nitrogen and oxygen atoms in total. The number of hydrogen-bond donors (Lipinski definition) is 2. The van der Waals surface area contributed by atoms with Crippen molar-refractivity contribution in [3.8, 4) is 0 Å². The molecule has 2 aromatic rings. The Morgan fingerprint density at radius 3 is 2.39 bits per heavy atom. The first-order valence-corrected chi connectivity index (χ1v) is 12.9. The van der Waals surface area contributed by atoms with Gasteiger partial charge < -0.3 is 10.1 Å². The topological polar surface area (TPSA) is 100 Å². The SMILES string of the molecule is O=S(=O)(c1nc(Nc2c3c(cc4c2CCC4)CCC3)n[nH]1)N1CCC2(CCOC2)CC1. The van der Waals surface area contributed by atoms with Crippen LogP contribution in [0.3, 0.4) is 0 Å². The second-order valence-corrected chi connectivity index (χ2v) is 11.4. The number of fused-ring (bicyclic) bond motifs is 2. The van der Waals surface area contributed by atoms with Crippen LogP contribution in [0.2, 0.25) is 0 Å². The molecular weight excluding hydrogens is 414 g/mol. The summed E-state index contributed by atoms with van der Waals surface area (Å²) < 4.78 is 33.4. The second-order valence-electron chi connectivity index (χ2n) is 9.53. The second kappa shape index (κ2) is 7.28. The summed E-state index contributed by atoms with van der Waals surface area (Å²) in [5.41, 5.74) is 6.83. The normalized spacial score (nSPS) is 22.7. The van der Waals surface area contributed by atoms with E-state index in [0.29, 0.717) is 19.0 Å². The van der Waals surface area contributed by atoms with Crippen LogP contribution in [-0.4, -0.2) is 54.2 Å². The molecule has 6 rings (SSSR count). The Balaban J connectivity index is 1.23. The monoisotopic (exact) mass is 443 g/mol. The van der Waals surface area contributed by atoms with Crippen molar-refractivity contribution in [1.82, 2.24) is 19.5 Å². The summed E-state index contributed by atoms with van der Waals surface area (Å²) in [6.07, 6.45) is 9.40. The van der Waals surface area contributed by atoms with Gasteiger partial charge in [0.25, 0.3) is 15.2 Å². The minimum Gasteiger partial charge on any atom is -0.381 e. The lowest BCUT2D eigenvalue weighted by molar-refractivity contribution is 0.109. The van der Waals surface area contributed by atoms with Crippen molar-refractivity contribution in [2.24, 2.45) is 5.41 Å². The Bertz CT molecular complexity index is 1080. The van der Waals surface area contributed by atoms with Crippen LogP contribution >= 0.6 is 0 Å². The van der Waals surface area contributed by atoms with E-state index in [4.69, 9.17) is 4.74 Å². The molecule has 0 bridgehead atoms. The van der Waals surface area contributed by atoms with Gasteiger partial charge in [-0.1, -0.05) is 6.07 Å². The van der Waals surface area contributed by atoms with E-state index in [2.05, 4.69) is 26.6 Å². The number of sulfonamides is 1. The Morgan fingerprint density at radius 2 is 1.74 bits per heavy atom. The van der Waals surface area contributed by atoms with Crippen LogP contribution in [0.25, 0.3) is 0 Å². The minimum absolute atomic E-state index is 0.0714. The van der Waals surface area contributed by atoms with Gasteiger partial charge in [-0.05, 0) is 85.5 Å². The molecule has 2 fully saturated rings. The van der Waals surface area contributed by atoms with Crippen molar-refractivity contribution in [1.29, 1.82) is 0 Å². The standard InChI is InChI=1S/C22H29N5O3S/c28-31(29,27-10-7-22(8-11-27)9-12-30-14-22)21-24-20(25-26-21)23-19-17-5-1-3-15(17)13-16-4-2-6-18(16)19/h13H,1-12,14H2,(H2,23,24,25,26). The van der Waals surface area contributed by atoms with Gasteiger partial charge >= 0.3 is 0 Å². The highest BCUT2D eigenvalue weighted by molar-refractivity contribution is 7.88. The molecule has 1 aromatic heterocycles. The van der Waals surface area contributed by atoms with Gasteiger partial charge in [0.15, 0.2) is 0 Å². The molecule has 9 heteroatoms. The number of aromatic amines is 1. The highest BCUT2D eigenvalue weighted by Gasteiger charge is 2.41. The predicted octanol–water partition coefficient (Wildman–Crippen LogP) is 2.72. The van der Waals surface area contributed by atoms with Crippen molar-refractivity contribution in [2.75, 3.05) is 31.6 Å². The van der Waals surface area contributed by atoms with Gasteiger partial charge in [0.2, 0.25) is 5.95 Å². The summed E-state index contributed by atoms with van der Waals surface area (Å²) in [6.45, 7) is 2.56. The fourth-order valence-corrected chi connectivity index (χ4v) is 7.13. The predicted molar refractivity (Wildman–Crippen MR) is 116 cm³/mol. The molecule has 166 valence electrons. The summed E-state index contributed by atoms with van der Waals surface area (Å²) in [5.74, 6) is 0.339. The Labute approximate surface area is 182 Å². The van der Waals surface area contributed by atoms with E-state index in [9.17, 15) is 8.42 Å². The first-order chi connectivity index (χ1) is 15.0. The van der Waals surface area contributed by atoms with Crippen LogP contribution in [0.4, 0.5) is 11.6 Å². The average Bonchev–Trinajstić information content (AvgIpc) is 3.55. The first-order valence-electron chi connectivity index (χ1n) is 11.5. The number of ether oxygens (including phenoxy) is 1. The zero-order chi connectivity index (χ0) is 21.1. The number of piperidine rings is 1. The molecule has 0 radical (unpaired) electrons. The lowest BCUT2D eigenvalue weighted by Gasteiger charge is -2.36. The summed E-state index contributed by atoms with van der Waals surface area (Å²) >= 11 is 0.